The molecule has 25 heavy (non-hydrogen) atoms. The second-order valence-electron chi connectivity index (χ2n) is 5.96. The Morgan fingerprint density at radius 3 is 2.48 bits per heavy atom. The monoisotopic (exact) mass is 365 g/mol. The van der Waals surface area contributed by atoms with E-state index in [1.165, 1.54) is 24.4 Å². The molecular weight excluding hydrogens is 338 g/mol. The predicted molar refractivity (Wildman–Crippen MR) is 99.7 cm³/mol. The maximum absolute atomic E-state index is 11.2. The number of carbonyl (C=O) groups is 1. The number of methoxy groups -OCH3 is 2. The van der Waals surface area contributed by atoms with Crippen LogP contribution < -0.4 is 4.74 Å². The number of hydrogen-bond donors (Lipinski definition) is 1. The summed E-state index contributed by atoms with van der Waals surface area (Å²) in [6.07, 6.45) is 5.22. The second kappa shape index (κ2) is 11.8. The molecule has 1 N–H and O–H groups in total. The van der Waals surface area contributed by atoms with Crippen molar-refractivity contribution in [1.82, 2.24) is 0 Å². The van der Waals surface area contributed by atoms with E-state index in [0.29, 0.717) is 0 Å². The van der Waals surface area contributed by atoms with Crippen molar-refractivity contribution >= 4 is 17.7 Å². The smallest absolute Gasteiger partial charge is 0.309 e. The van der Waals surface area contributed by atoms with Crippen LogP contribution in [0.5, 0.6) is 5.75 Å². The van der Waals surface area contributed by atoms with E-state index < -0.39 is 11.6 Å². The quantitative estimate of drug-likeness (QED) is 0.348. The molecule has 138 valence electrons. The molecule has 1 unspecified atom stereocenters. The summed E-state index contributed by atoms with van der Waals surface area (Å²) in [5.41, 5.74) is -0.316. The first-order valence-electron chi connectivity index (χ1n) is 8.44. The van der Waals surface area contributed by atoms with Gasteiger partial charge in [-0.1, -0.05) is 25.0 Å². The van der Waals surface area contributed by atoms with Crippen molar-refractivity contribution in [2.45, 2.75) is 44.1 Å². The van der Waals surface area contributed by atoms with Crippen LogP contribution in [-0.2, 0) is 16.0 Å². The molecule has 0 aliphatic rings. The van der Waals surface area contributed by atoms with Gasteiger partial charge >= 0.3 is 5.97 Å². The second-order valence-corrected chi connectivity index (χ2v) is 7.07. The summed E-state index contributed by atoms with van der Waals surface area (Å²) < 4.78 is 9.65. The highest BCUT2D eigenvalue weighted by Crippen LogP contribution is 2.19. The topological polar surface area (TPSA) is 79.5 Å². The highest BCUT2D eigenvalue weighted by molar-refractivity contribution is 7.99. The Morgan fingerprint density at radius 1 is 1.20 bits per heavy atom. The fourth-order valence-electron chi connectivity index (χ4n) is 2.35. The molecular formula is C19H27NO4S. The number of thioether (sulfide) groups is 1. The van der Waals surface area contributed by atoms with E-state index in [2.05, 4.69) is 16.9 Å². The molecule has 0 bridgehead atoms. The van der Waals surface area contributed by atoms with Crippen LogP contribution in [0.4, 0.5) is 0 Å². The number of hydrogen-bond acceptors (Lipinski definition) is 6. The van der Waals surface area contributed by atoms with E-state index in [9.17, 15) is 9.90 Å². The fourth-order valence-corrected chi connectivity index (χ4v) is 3.41. The summed E-state index contributed by atoms with van der Waals surface area (Å²) in [6, 6.07) is 9.96. The predicted octanol–water partition coefficient (Wildman–Crippen LogP) is 3.35. The first-order chi connectivity index (χ1) is 12.0. The van der Waals surface area contributed by atoms with Crippen LogP contribution in [0.2, 0.25) is 0 Å². The zero-order chi connectivity index (χ0) is 18.5. The number of nitrogens with zero attached hydrogens (tertiary/aromatic N) is 1. The first kappa shape index (κ1) is 21.3. The number of esters is 1. The molecule has 6 heteroatoms. The lowest BCUT2D eigenvalue weighted by Gasteiger charge is -2.18. The fraction of sp³-hybridized carbons (Fsp3) is 0.579. The maximum Gasteiger partial charge on any atom is 0.309 e. The Hall–Kier alpha value is -1.71. The van der Waals surface area contributed by atoms with Crippen molar-refractivity contribution in [3.63, 3.8) is 0 Å². The van der Waals surface area contributed by atoms with Gasteiger partial charge in [-0.2, -0.15) is 17.0 Å². The standard InChI is InChI=1S/C19H27NO4S/c1-23-17-10-8-16(9-11-17)7-5-3-4-6-12-25-15-19(22,14-20)13-18(21)24-2/h8-11,22H,3-7,12-13,15H2,1-2H3. The minimum absolute atomic E-state index is 0.227. The molecule has 1 atom stereocenters. The zero-order valence-electron chi connectivity index (χ0n) is 15.0. The number of ether oxygens (including phenoxy) is 2. The molecule has 0 spiro atoms. The van der Waals surface area contributed by atoms with Crippen LogP contribution in [-0.4, -0.2) is 42.4 Å². The summed E-state index contributed by atoms with van der Waals surface area (Å²) in [6.45, 7) is 0. The molecule has 0 saturated heterocycles. The van der Waals surface area contributed by atoms with Crippen molar-refractivity contribution in [3.05, 3.63) is 29.8 Å². The van der Waals surface area contributed by atoms with Gasteiger partial charge in [-0.05, 0) is 42.7 Å². The lowest BCUT2D eigenvalue weighted by molar-refractivity contribution is -0.143. The molecule has 1 aromatic carbocycles. The maximum atomic E-state index is 11.2. The first-order valence-corrected chi connectivity index (χ1v) is 9.59. The molecule has 1 aromatic rings. The van der Waals surface area contributed by atoms with Gasteiger partial charge in [-0.25, -0.2) is 0 Å². The largest absolute Gasteiger partial charge is 0.497 e. The van der Waals surface area contributed by atoms with Gasteiger partial charge in [0.15, 0.2) is 5.60 Å². The van der Waals surface area contributed by atoms with E-state index in [4.69, 9.17) is 10.00 Å². The highest BCUT2D eigenvalue weighted by atomic mass is 32.2. The molecule has 0 aromatic heterocycles. The Kier molecular flexibility index (Phi) is 10.0. The number of unbranched alkanes of at least 4 members (excludes halogenated alkanes) is 3. The third-order valence-electron chi connectivity index (χ3n) is 3.88. The Morgan fingerprint density at radius 2 is 1.88 bits per heavy atom. The van der Waals surface area contributed by atoms with Gasteiger partial charge in [0.2, 0.25) is 0 Å². The molecule has 0 radical (unpaired) electrons. The van der Waals surface area contributed by atoms with Crippen LogP contribution in [0.1, 0.15) is 37.7 Å². The van der Waals surface area contributed by atoms with E-state index in [1.54, 1.807) is 13.2 Å². The summed E-state index contributed by atoms with van der Waals surface area (Å²) in [5, 5.41) is 19.0. The van der Waals surface area contributed by atoms with Crippen LogP contribution in [0.25, 0.3) is 0 Å². The van der Waals surface area contributed by atoms with Crippen molar-refractivity contribution in [3.8, 4) is 11.8 Å². The number of carbonyl (C=O) groups excluding carboxylic acids is 1. The van der Waals surface area contributed by atoms with Crippen molar-refractivity contribution in [2.75, 3.05) is 25.7 Å². The van der Waals surface area contributed by atoms with Crippen LogP contribution in [0.3, 0.4) is 0 Å². The summed E-state index contributed by atoms with van der Waals surface area (Å²) >= 11 is 1.50. The lowest BCUT2D eigenvalue weighted by atomic mass is 10.1. The van der Waals surface area contributed by atoms with E-state index in [0.717, 1.165) is 43.6 Å². The van der Waals surface area contributed by atoms with Crippen LogP contribution in [0, 0.1) is 11.3 Å². The third-order valence-corrected chi connectivity index (χ3v) is 5.14. The van der Waals surface area contributed by atoms with Crippen molar-refractivity contribution < 1.29 is 19.4 Å². The van der Waals surface area contributed by atoms with Crippen LogP contribution >= 0.6 is 11.8 Å². The van der Waals surface area contributed by atoms with E-state index >= 15 is 0 Å². The van der Waals surface area contributed by atoms with Crippen molar-refractivity contribution in [2.24, 2.45) is 0 Å². The number of benzene rings is 1. The number of nitriles is 1. The van der Waals surface area contributed by atoms with Gasteiger partial charge in [-0.3, -0.25) is 4.79 Å². The van der Waals surface area contributed by atoms with Gasteiger partial charge in [0.1, 0.15) is 5.75 Å². The van der Waals surface area contributed by atoms with Gasteiger partial charge in [0.25, 0.3) is 0 Å². The highest BCUT2D eigenvalue weighted by Gasteiger charge is 2.30. The Bertz CT molecular complexity index is 556. The minimum Gasteiger partial charge on any atom is -0.497 e. The van der Waals surface area contributed by atoms with Gasteiger partial charge in [0.05, 0.1) is 26.7 Å². The van der Waals surface area contributed by atoms with Gasteiger partial charge in [0, 0.05) is 5.75 Å². The molecule has 5 nitrogen and oxygen atoms in total. The minimum atomic E-state index is -1.63. The zero-order valence-corrected chi connectivity index (χ0v) is 15.8. The molecule has 0 saturated carbocycles. The number of aliphatic hydroxyl groups is 1. The summed E-state index contributed by atoms with van der Waals surface area (Å²) in [5.74, 6) is 1.41. The Labute approximate surface area is 154 Å². The Balaban J connectivity index is 2.09. The SMILES string of the molecule is COC(=O)CC(O)(C#N)CSCCCCCCc1ccc(OC)cc1. The molecule has 0 aliphatic heterocycles. The number of aryl methyl sites for hydroxylation is 1. The van der Waals surface area contributed by atoms with Crippen molar-refractivity contribution in [1.29, 1.82) is 5.26 Å². The van der Waals surface area contributed by atoms with Crippen LogP contribution in [0.15, 0.2) is 24.3 Å². The summed E-state index contributed by atoms with van der Waals surface area (Å²) in [7, 11) is 2.92. The third kappa shape index (κ3) is 8.80. The number of rotatable bonds is 12. The lowest BCUT2D eigenvalue weighted by Crippen LogP contribution is -2.33. The molecule has 0 heterocycles. The average Bonchev–Trinajstić information content (AvgIpc) is 2.64. The van der Waals surface area contributed by atoms with Gasteiger partial charge < -0.3 is 14.6 Å². The molecule has 0 fully saturated rings. The average molecular weight is 365 g/mol. The molecule has 0 aliphatic carbocycles. The molecule has 1 rings (SSSR count). The normalized spacial score (nSPS) is 12.9. The van der Waals surface area contributed by atoms with Gasteiger partial charge in [-0.15, -0.1) is 0 Å². The summed E-state index contributed by atoms with van der Waals surface area (Å²) in [4.78, 5) is 11.2. The van der Waals surface area contributed by atoms with E-state index in [1.807, 2.05) is 12.1 Å². The molecule has 0 amide bonds. The van der Waals surface area contributed by atoms with E-state index in [-0.39, 0.29) is 12.2 Å².